The molecule has 0 bridgehead atoms. The lowest BCUT2D eigenvalue weighted by Crippen LogP contribution is -2.62. The van der Waals surface area contributed by atoms with Gasteiger partial charge in [-0.2, -0.15) is 0 Å². The van der Waals surface area contributed by atoms with Crippen molar-refractivity contribution in [3.63, 3.8) is 0 Å². The van der Waals surface area contributed by atoms with E-state index >= 15 is 0 Å². The van der Waals surface area contributed by atoms with E-state index in [9.17, 15) is 9.59 Å². The highest BCUT2D eigenvalue weighted by molar-refractivity contribution is 6.04. The highest BCUT2D eigenvalue weighted by Gasteiger charge is 2.47. The predicted octanol–water partition coefficient (Wildman–Crippen LogP) is 4.20. The molecule has 1 atom stereocenters. The van der Waals surface area contributed by atoms with Crippen molar-refractivity contribution in [3.05, 3.63) is 12.2 Å². The minimum atomic E-state index is -0.250. The van der Waals surface area contributed by atoms with Gasteiger partial charge in [0, 0.05) is 23.5 Å². The molecule has 2 aliphatic rings. The molecule has 0 aromatic heterocycles. The van der Waals surface area contributed by atoms with Gasteiger partial charge in [0.05, 0.1) is 5.92 Å². The highest BCUT2D eigenvalue weighted by Crippen LogP contribution is 2.35. The van der Waals surface area contributed by atoms with Crippen molar-refractivity contribution >= 4 is 11.8 Å². The van der Waals surface area contributed by atoms with Crippen molar-refractivity contribution in [3.8, 4) is 0 Å². The van der Waals surface area contributed by atoms with E-state index in [0.29, 0.717) is 6.42 Å². The van der Waals surface area contributed by atoms with E-state index < -0.39 is 0 Å². The standard InChI is InChI=1S/C21H36N2O2/c1-6-7-8-9-10-11-12-16-13-18(24)23(19(16)25)17-14-20(2,3)22-21(4,5)15-17/h11-12,16-17,22H,6-10,13-15H2,1-5H3/b12-11+. The summed E-state index contributed by atoms with van der Waals surface area (Å²) < 4.78 is 0. The largest absolute Gasteiger partial charge is 0.307 e. The zero-order valence-corrected chi connectivity index (χ0v) is 16.7. The number of rotatable bonds is 7. The Labute approximate surface area is 153 Å². The van der Waals surface area contributed by atoms with Crippen LogP contribution in [-0.4, -0.2) is 33.8 Å². The minimum absolute atomic E-state index is 0.00383. The molecule has 4 nitrogen and oxygen atoms in total. The minimum Gasteiger partial charge on any atom is -0.307 e. The van der Waals surface area contributed by atoms with Gasteiger partial charge in [-0.3, -0.25) is 14.5 Å². The number of unbranched alkanes of at least 4 members (excludes halogenated alkanes) is 4. The summed E-state index contributed by atoms with van der Waals surface area (Å²) in [6, 6.07) is 0.00852. The topological polar surface area (TPSA) is 49.4 Å². The second-order valence-electron chi connectivity index (χ2n) is 9.14. The molecule has 2 fully saturated rings. The second-order valence-corrected chi connectivity index (χ2v) is 9.14. The molecule has 0 radical (unpaired) electrons. The summed E-state index contributed by atoms with van der Waals surface area (Å²) >= 11 is 0. The Hall–Kier alpha value is -1.16. The number of amides is 2. The lowest BCUT2D eigenvalue weighted by molar-refractivity contribution is -0.143. The lowest BCUT2D eigenvalue weighted by atomic mass is 9.79. The number of nitrogens with one attached hydrogen (secondary N) is 1. The molecule has 4 heteroatoms. The van der Waals surface area contributed by atoms with Gasteiger partial charge in [-0.05, 0) is 53.4 Å². The van der Waals surface area contributed by atoms with Crippen LogP contribution in [-0.2, 0) is 9.59 Å². The fraction of sp³-hybridized carbons (Fsp3) is 0.810. The smallest absolute Gasteiger partial charge is 0.236 e. The molecule has 0 aromatic carbocycles. The van der Waals surface area contributed by atoms with Gasteiger partial charge < -0.3 is 5.32 Å². The summed E-state index contributed by atoms with van der Waals surface area (Å²) in [7, 11) is 0. The van der Waals surface area contributed by atoms with Crippen LogP contribution in [0.25, 0.3) is 0 Å². The van der Waals surface area contributed by atoms with Gasteiger partial charge in [-0.25, -0.2) is 0 Å². The van der Waals surface area contributed by atoms with Gasteiger partial charge in [0.15, 0.2) is 0 Å². The number of nitrogens with zero attached hydrogens (tertiary/aromatic N) is 1. The molecule has 2 aliphatic heterocycles. The van der Waals surface area contributed by atoms with Crippen LogP contribution in [0.15, 0.2) is 12.2 Å². The summed E-state index contributed by atoms with van der Waals surface area (Å²) in [5.41, 5.74) is -0.139. The summed E-state index contributed by atoms with van der Waals surface area (Å²) in [5, 5.41) is 3.62. The Kier molecular flexibility index (Phi) is 6.47. The normalized spacial score (nSPS) is 26.8. The number of piperidine rings is 1. The van der Waals surface area contributed by atoms with Crippen molar-refractivity contribution < 1.29 is 9.59 Å². The molecule has 142 valence electrons. The van der Waals surface area contributed by atoms with Crippen LogP contribution in [0.3, 0.4) is 0 Å². The Morgan fingerprint density at radius 2 is 1.72 bits per heavy atom. The molecule has 0 aromatic rings. The van der Waals surface area contributed by atoms with Gasteiger partial charge in [0.25, 0.3) is 0 Å². The van der Waals surface area contributed by atoms with Crippen molar-refractivity contribution in [2.45, 2.75) is 103 Å². The molecule has 0 spiro atoms. The van der Waals surface area contributed by atoms with Crippen LogP contribution in [0.5, 0.6) is 0 Å². The fourth-order valence-corrected chi connectivity index (χ4v) is 4.61. The fourth-order valence-electron chi connectivity index (χ4n) is 4.61. The lowest BCUT2D eigenvalue weighted by Gasteiger charge is -2.48. The zero-order chi connectivity index (χ0) is 18.7. The molecule has 0 saturated carbocycles. The van der Waals surface area contributed by atoms with Crippen molar-refractivity contribution in [2.24, 2.45) is 5.92 Å². The monoisotopic (exact) mass is 348 g/mol. The number of likely N-dealkylation sites (tertiary alicyclic amines) is 1. The second kappa shape index (κ2) is 8.03. The highest BCUT2D eigenvalue weighted by atomic mass is 16.2. The zero-order valence-electron chi connectivity index (χ0n) is 16.7. The van der Waals surface area contributed by atoms with E-state index in [0.717, 1.165) is 19.3 Å². The summed E-state index contributed by atoms with van der Waals surface area (Å²) in [5.74, 6) is -0.239. The van der Waals surface area contributed by atoms with Crippen LogP contribution >= 0.6 is 0 Å². The van der Waals surface area contributed by atoms with Crippen LogP contribution in [0.2, 0.25) is 0 Å². The Bertz CT molecular complexity index is 506. The number of carbonyl (C=O) groups excluding carboxylic acids is 2. The quantitative estimate of drug-likeness (QED) is 0.426. The summed E-state index contributed by atoms with van der Waals surface area (Å²) in [4.78, 5) is 27.0. The number of allylic oxidation sites excluding steroid dienone is 1. The van der Waals surface area contributed by atoms with Gasteiger partial charge in [0.2, 0.25) is 11.8 Å². The maximum Gasteiger partial charge on any atom is 0.236 e. The van der Waals surface area contributed by atoms with E-state index in [1.54, 1.807) is 4.90 Å². The first-order valence-electron chi connectivity index (χ1n) is 9.97. The average molecular weight is 349 g/mol. The van der Waals surface area contributed by atoms with E-state index in [1.165, 1.54) is 25.7 Å². The third-order valence-electron chi connectivity index (χ3n) is 5.34. The molecular formula is C21H36N2O2. The van der Waals surface area contributed by atoms with Crippen molar-refractivity contribution in [2.75, 3.05) is 0 Å². The van der Waals surface area contributed by atoms with E-state index in [1.807, 2.05) is 6.08 Å². The maximum atomic E-state index is 12.8. The number of hydrogen-bond acceptors (Lipinski definition) is 3. The molecule has 1 unspecified atom stereocenters. The molecular weight excluding hydrogens is 312 g/mol. The number of imide groups is 1. The SMILES string of the molecule is CCCCCC/C=C/C1CC(=O)N(C2CC(C)(C)NC(C)(C)C2)C1=O. The van der Waals surface area contributed by atoms with E-state index in [-0.39, 0.29) is 34.9 Å². The molecule has 2 rings (SSSR count). The van der Waals surface area contributed by atoms with Crippen LogP contribution < -0.4 is 5.32 Å². The molecule has 0 aliphatic carbocycles. The third kappa shape index (κ3) is 5.40. The first kappa shape index (κ1) is 20.2. The van der Waals surface area contributed by atoms with E-state index in [4.69, 9.17) is 0 Å². The molecule has 2 amide bonds. The van der Waals surface area contributed by atoms with Gasteiger partial charge in [-0.1, -0.05) is 38.3 Å². The average Bonchev–Trinajstić information content (AvgIpc) is 2.74. The van der Waals surface area contributed by atoms with Crippen LogP contribution in [0.4, 0.5) is 0 Å². The summed E-state index contributed by atoms with van der Waals surface area (Å²) in [6.07, 6.45) is 12.0. The van der Waals surface area contributed by atoms with Gasteiger partial charge in [-0.15, -0.1) is 0 Å². The van der Waals surface area contributed by atoms with Crippen LogP contribution in [0, 0.1) is 5.92 Å². The third-order valence-corrected chi connectivity index (χ3v) is 5.34. The first-order valence-corrected chi connectivity index (χ1v) is 9.97. The van der Waals surface area contributed by atoms with Crippen molar-refractivity contribution in [1.82, 2.24) is 10.2 Å². The van der Waals surface area contributed by atoms with Crippen molar-refractivity contribution in [1.29, 1.82) is 0 Å². The Morgan fingerprint density at radius 1 is 1.08 bits per heavy atom. The first-order chi connectivity index (χ1) is 11.7. The van der Waals surface area contributed by atoms with E-state index in [2.05, 4.69) is 46.0 Å². The summed E-state index contributed by atoms with van der Waals surface area (Å²) in [6.45, 7) is 10.8. The predicted molar refractivity (Wildman–Crippen MR) is 102 cm³/mol. The molecule has 1 N–H and O–H groups in total. The maximum absolute atomic E-state index is 12.8. The number of hydrogen-bond donors (Lipinski definition) is 1. The Balaban J connectivity index is 1.97. The molecule has 2 saturated heterocycles. The van der Waals surface area contributed by atoms with Gasteiger partial charge in [0.1, 0.15) is 0 Å². The number of carbonyl (C=O) groups is 2. The molecule has 2 heterocycles. The molecule has 25 heavy (non-hydrogen) atoms. The Morgan fingerprint density at radius 3 is 2.32 bits per heavy atom. The van der Waals surface area contributed by atoms with Gasteiger partial charge >= 0.3 is 0 Å². The van der Waals surface area contributed by atoms with Crippen LogP contribution in [0.1, 0.15) is 86.0 Å².